The van der Waals surface area contributed by atoms with Gasteiger partial charge in [0.15, 0.2) is 0 Å². The van der Waals surface area contributed by atoms with Crippen molar-refractivity contribution < 1.29 is 36.2 Å². The van der Waals surface area contributed by atoms with Gasteiger partial charge < -0.3 is 20.5 Å². The third-order valence-corrected chi connectivity index (χ3v) is 8.06. The van der Waals surface area contributed by atoms with Gasteiger partial charge in [0.25, 0.3) is 5.91 Å². The van der Waals surface area contributed by atoms with Crippen LogP contribution < -0.4 is 19.7 Å². The highest BCUT2D eigenvalue weighted by Crippen LogP contribution is 2.32. The predicted octanol–water partition coefficient (Wildman–Crippen LogP) is 5.30. The monoisotopic (exact) mass is 641 g/mol. The van der Waals surface area contributed by atoms with Gasteiger partial charge in [0.2, 0.25) is 10.0 Å². The molecule has 0 unspecified atom stereocenters. The Labute approximate surface area is 260 Å². The highest BCUT2D eigenvalue weighted by Gasteiger charge is 2.30. The van der Waals surface area contributed by atoms with Crippen molar-refractivity contribution in [3.63, 3.8) is 0 Å². The number of alkyl halides is 3. The van der Waals surface area contributed by atoms with Crippen molar-refractivity contribution >= 4 is 27.3 Å². The molecule has 0 radical (unpaired) electrons. The molecule has 0 fully saturated rings. The second-order valence-electron chi connectivity index (χ2n) is 10.4. The summed E-state index contributed by atoms with van der Waals surface area (Å²) >= 11 is 0. The molecule has 45 heavy (non-hydrogen) atoms. The first-order valence-corrected chi connectivity index (χ1v) is 15.8. The number of carbonyl (C=O) groups is 1. The molecule has 0 bridgehead atoms. The zero-order valence-corrected chi connectivity index (χ0v) is 25.5. The minimum Gasteiger partial charge on any atom is -0.497 e. The van der Waals surface area contributed by atoms with E-state index in [-0.39, 0.29) is 30.8 Å². The van der Waals surface area contributed by atoms with E-state index in [1.54, 1.807) is 42.5 Å². The Kier molecular flexibility index (Phi) is 10.9. The summed E-state index contributed by atoms with van der Waals surface area (Å²) in [6.45, 7) is 0.0480. The van der Waals surface area contributed by atoms with E-state index in [1.165, 1.54) is 25.3 Å². The average molecular weight is 642 g/mol. The van der Waals surface area contributed by atoms with E-state index >= 15 is 0 Å². The lowest BCUT2D eigenvalue weighted by Gasteiger charge is -2.26. The molecule has 2 atom stereocenters. The number of amides is 1. The molecular formula is C33H34F3N3O5S. The Balaban J connectivity index is 1.53. The van der Waals surface area contributed by atoms with Crippen LogP contribution in [0.25, 0.3) is 0 Å². The molecule has 12 heteroatoms. The molecule has 0 saturated heterocycles. The number of hydrogen-bond donors (Lipinski definition) is 3. The zero-order valence-electron chi connectivity index (χ0n) is 24.7. The number of methoxy groups -OCH3 is 1. The lowest BCUT2D eigenvalue weighted by molar-refractivity contribution is -0.137. The Morgan fingerprint density at radius 3 is 2.20 bits per heavy atom. The molecule has 1 amide bonds. The Hall–Kier alpha value is -4.39. The third-order valence-electron chi connectivity index (χ3n) is 6.98. The largest absolute Gasteiger partial charge is 0.497 e. The fourth-order valence-corrected chi connectivity index (χ4v) is 5.80. The minimum atomic E-state index is -4.47. The molecule has 0 heterocycles. The fraction of sp³-hybridized carbons (Fsp3) is 0.242. The maximum atomic E-state index is 13.5. The van der Waals surface area contributed by atoms with Gasteiger partial charge in [-0.15, -0.1) is 0 Å². The number of nitrogens with zero attached hydrogens (tertiary/aromatic N) is 1. The second kappa shape index (κ2) is 14.6. The van der Waals surface area contributed by atoms with Crippen LogP contribution in [0.3, 0.4) is 0 Å². The standard InChI is InChI=1S/C33H34F3N3O5S/c1-44-29-16-8-15-28(20-29)39(45(2,42)43)27-14-7-12-25(19-27)32(41)38-30(18-23-9-4-3-5-10-23)31(40)22-37-21-24-11-6-13-26(17-24)33(34,35)36/h3-17,19-20,30-31,37,40H,18,21-22H2,1-2H3,(H,38,41)/t30-,31+/m0/s1. The summed E-state index contributed by atoms with van der Waals surface area (Å²) in [4.78, 5) is 13.5. The molecule has 4 rings (SSSR count). The lowest BCUT2D eigenvalue weighted by atomic mass is 10.00. The number of sulfonamides is 1. The first-order chi connectivity index (χ1) is 21.3. The van der Waals surface area contributed by atoms with Gasteiger partial charge in [-0.2, -0.15) is 13.2 Å². The van der Waals surface area contributed by atoms with Crippen molar-refractivity contribution in [3.8, 4) is 5.75 Å². The summed E-state index contributed by atoms with van der Waals surface area (Å²) in [6, 6.07) is 25.9. The maximum absolute atomic E-state index is 13.5. The van der Waals surface area contributed by atoms with E-state index in [0.717, 1.165) is 28.3 Å². The van der Waals surface area contributed by atoms with Crippen LogP contribution in [0.4, 0.5) is 24.5 Å². The van der Waals surface area contributed by atoms with Crippen molar-refractivity contribution in [3.05, 3.63) is 125 Å². The van der Waals surface area contributed by atoms with Crippen LogP contribution in [0.15, 0.2) is 103 Å². The van der Waals surface area contributed by atoms with Crippen molar-refractivity contribution in [2.75, 3.05) is 24.2 Å². The second-order valence-corrected chi connectivity index (χ2v) is 12.3. The van der Waals surface area contributed by atoms with E-state index in [2.05, 4.69) is 10.6 Å². The molecule has 0 aromatic heterocycles. The van der Waals surface area contributed by atoms with Crippen LogP contribution in [0.5, 0.6) is 5.75 Å². The van der Waals surface area contributed by atoms with Gasteiger partial charge in [-0.3, -0.25) is 4.79 Å². The summed E-state index contributed by atoms with van der Waals surface area (Å²) in [5.41, 5.74) is 1.17. The Morgan fingerprint density at radius 1 is 0.889 bits per heavy atom. The maximum Gasteiger partial charge on any atom is 0.416 e. The van der Waals surface area contributed by atoms with Gasteiger partial charge in [-0.05, 0) is 53.9 Å². The number of aliphatic hydroxyl groups excluding tert-OH is 1. The molecule has 4 aromatic rings. The van der Waals surface area contributed by atoms with Gasteiger partial charge in [-0.25, -0.2) is 12.7 Å². The van der Waals surface area contributed by atoms with Gasteiger partial charge >= 0.3 is 6.18 Å². The topological polar surface area (TPSA) is 108 Å². The summed E-state index contributed by atoms with van der Waals surface area (Å²) in [5, 5.41) is 17.0. The quantitative estimate of drug-likeness (QED) is 0.183. The Morgan fingerprint density at radius 2 is 1.53 bits per heavy atom. The normalized spacial score (nSPS) is 13.1. The summed E-state index contributed by atoms with van der Waals surface area (Å²) in [6.07, 6.45) is -4.27. The summed E-state index contributed by atoms with van der Waals surface area (Å²) < 4.78 is 71.3. The van der Waals surface area contributed by atoms with Crippen molar-refractivity contribution in [2.24, 2.45) is 0 Å². The smallest absolute Gasteiger partial charge is 0.416 e. The van der Waals surface area contributed by atoms with Crippen molar-refractivity contribution in [2.45, 2.75) is 31.3 Å². The number of rotatable bonds is 13. The van der Waals surface area contributed by atoms with Crippen molar-refractivity contribution in [1.29, 1.82) is 0 Å². The van der Waals surface area contributed by atoms with Crippen LogP contribution in [0.2, 0.25) is 0 Å². The molecule has 8 nitrogen and oxygen atoms in total. The number of aliphatic hydroxyl groups is 1. The fourth-order valence-electron chi connectivity index (χ4n) is 4.81. The molecule has 4 aromatic carbocycles. The number of hydrogen-bond acceptors (Lipinski definition) is 6. The molecule has 238 valence electrons. The summed E-state index contributed by atoms with van der Waals surface area (Å²) in [7, 11) is -2.36. The number of benzene rings is 4. The number of ether oxygens (including phenoxy) is 1. The number of anilines is 2. The van der Waals surface area contributed by atoms with Crippen LogP contribution in [0, 0.1) is 0 Å². The highest BCUT2D eigenvalue weighted by molar-refractivity contribution is 7.92. The average Bonchev–Trinajstić information content (AvgIpc) is 3.00. The molecule has 0 aliphatic carbocycles. The summed E-state index contributed by atoms with van der Waals surface area (Å²) in [5.74, 6) is -0.0942. The molecule has 0 aliphatic rings. The van der Waals surface area contributed by atoms with E-state index in [1.807, 2.05) is 30.3 Å². The van der Waals surface area contributed by atoms with Gasteiger partial charge in [0.1, 0.15) is 5.75 Å². The number of nitrogens with one attached hydrogen (secondary N) is 2. The third kappa shape index (κ3) is 9.30. The minimum absolute atomic E-state index is 0.0221. The first kappa shape index (κ1) is 33.5. The molecule has 3 N–H and O–H groups in total. The highest BCUT2D eigenvalue weighted by atomic mass is 32.2. The van der Waals surface area contributed by atoms with Crippen LogP contribution in [0.1, 0.15) is 27.0 Å². The SMILES string of the molecule is COc1cccc(N(c2cccc(C(=O)N[C@@H](Cc3ccccc3)[C@H](O)CNCc3cccc(C(F)(F)F)c3)c2)S(C)(=O)=O)c1. The van der Waals surface area contributed by atoms with Crippen LogP contribution in [-0.2, 0) is 29.2 Å². The molecule has 0 aliphatic heterocycles. The van der Waals surface area contributed by atoms with Crippen LogP contribution >= 0.6 is 0 Å². The van der Waals surface area contributed by atoms with E-state index in [0.29, 0.717) is 17.0 Å². The number of halogens is 3. The van der Waals surface area contributed by atoms with Gasteiger partial charge in [0.05, 0.1) is 42.4 Å². The molecule has 0 saturated carbocycles. The number of carbonyl (C=O) groups excluding carboxylic acids is 1. The predicted molar refractivity (Wildman–Crippen MR) is 167 cm³/mol. The van der Waals surface area contributed by atoms with E-state index in [9.17, 15) is 31.5 Å². The van der Waals surface area contributed by atoms with Gasteiger partial charge in [-0.1, -0.05) is 60.7 Å². The Bertz CT molecular complexity index is 1700. The lowest BCUT2D eigenvalue weighted by Crippen LogP contribution is -2.48. The van der Waals surface area contributed by atoms with Gasteiger partial charge in [0, 0.05) is 24.7 Å². The molecule has 0 spiro atoms. The van der Waals surface area contributed by atoms with E-state index in [4.69, 9.17) is 4.74 Å². The van der Waals surface area contributed by atoms with Crippen LogP contribution in [-0.4, -0.2) is 51.5 Å². The van der Waals surface area contributed by atoms with E-state index < -0.39 is 39.8 Å². The zero-order chi connectivity index (χ0) is 32.6. The first-order valence-electron chi connectivity index (χ1n) is 14.0. The molecular weight excluding hydrogens is 607 g/mol. The van der Waals surface area contributed by atoms with Crippen molar-refractivity contribution in [1.82, 2.24) is 10.6 Å².